The quantitative estimate of drug-likeness (QED) is 0.836. The monoisotopic (exact) mass is 302 g/mol. The van der Waals surface area contributed by atoms with E-state index in [2.05, 4.69) is 58.2 Å². The predicted molar refractivity (Wildman–Crippen MR) is 91.9 cm³/mol. The number of aryl methyl sites for hydroxylation is 2. The lowest BCUT2D eigenvalue weighted by Gasteiger charge is -2.27. The molecule has 2 rings (SSSR count). The van der Waals surface area contributed by atoms with Gasteiger partial charge < -0.3 is 4.90 Å². The molecule has 1 atom stereocenters. The van der Waals surface area contributed by atoms with Crippen LogP contribution in [0.3, 0.4) is 0 Å². The van der Waals surface area contributed by atoms with Crippen molar-refractivity contribution in [3.63, 3.8) is 0 Å². The maximum atomic E-state index is 4.81. The summed E-state index contributed by atoms with van der Waals surface area (Å²) < 4.78 is 0. The summed E-state index contributed by atoms with van der Waals surface area (Å²) in [6, 6.07) is 0.571. The molecule has 0 radical (unpaired) electrons. The van der Waals surface area contributed by atoms with Gasteiger partial charge in [-0.05, 0) is 39.7 Å². The van der Waals surface area contributed by atoms with Crippen LogP contribution in [0.5, 0.6) is 0 Å². The number of hydrogen-bond donors (Lipinski definition) is 0. The third-order valence-electron chi connectivity index (χ3n) is 4.68. The minimum atomic E-state index is 0.427. The zero-order valence-corrected chi connectivity index (χ0v) is 15.0. The maximum absolute atomic E-state index is 4.81. The highest BCUT2D eigenvalue weighted by molar-refractivity contribution is 5.21. The molecule has 1 saturated heterocycles. The summed E-state index contributed by atoms with van der Waals surface area (Å²) in [6.45, 7) is 14.5. The van der Waals surface area contributed by atoms with Gasteiger partial charge in [0.1, 0.15) is 0 Å². The number of likely N-dealkylation sites (tertiary alicyclic amines) is 1. The summed E-state index contributed by atoms with van der Waals surface area (Å²) in [6.07, 6.45) is 2.33. The highest BCUT2D eigenvalue weighted by Gasteiger charge is 2.24. The molecule has 1 fully saturated rings. The van der Waals surface area contributed by atoms with Gasteiger partial charge in [-0.25, -0.2) is 0 Å². The van der Waals surface area contributed by atoms with Crippen molar-refractivity contribution in [1.29, 1.82) is 0 Å². The van der Waals surface area contributed by atoms with Crippen molar-refractivity contribution in [1.82, 2.24) is 19.8 Å². The molecule has 4 nitrogen and oxygen atoms in total. The minimum Gasteiger partial charge on any atom is -0.374 e. The van der Waals surface area contributed by atoms with E-state index in [4.69, 9.17) is 9.97 Å². The van der Waals surface area contributed by atoms with Crippen LogP contribution in [0.25, 0.3) is 0 Å². The molecule has 0 aliphatic carbocycles. The van der Waals surface area contributed by atoms with Gasteiger partial charge in [-0.15, -0.1) is 0 Å². The van der Waals surface area contributed by atoms with Crippen LogP contribution in [0.2, 0.25) is 0 Å². The third kappa shape index (κ3) is 3.67. The van der Waals surface area contributed by atoms with Crippen LogP contribution in [0.1, 0.15) is 55.4 Å². The van der Waals surface area contributed by atoms with Gasteiger partial charge in [-0.1, -0.05) is 20.4 Å². The zero-order chi connectivity index (χ0) is 16.4. The van der Waals surface area contributed by atoms with Crippen LogP contribution in [0.4, 0.5) is 0 Å². The SMILES string of the molecule is C=C1CC[C@H](CN(C)Cc2nc(C)c(C(C)C)nc2C)N1C. The lowest BCUT2D eigenvalue weighted by atomic mass is 10.1. The van der Waals surface area contributed by atoms with Gasteiger partial charge in [0.2, 0.25) is 0 Å². The molecule has 4 heteroatoms. The molecule has 0 aromatic carbocycles. The molecule has 0 unspecified atom stereocenters. The molecular formula is C18H30N4. The van der Waals surface area contributed by atoms with E-state index in [1.54, 1.807) is 0 Å². The van der Waals surface area contributed by atoms with Crippen LogP contribution in [0, 0.1) is 13.8 Å². The number of rotatable bonds is 5. The van der Waals surface area contributed by atoms with Gasteiger partial charge in [-0.2, -0.15) is 0 Å². The Bertz CT molecular complexity index is 550. The number of nitrogens with zero attached hydrogens (tertiary/aromatic N) is 4. The van der Waals surface area contributed by atoms with Crippen molar-refractivity contribution in [2.75, 3.05) is 20.6 Å². The summed E-state index contributed by atoms with van der Waals surface area (Å²) >= 11 is 0. The van der Waals surface area contributed by atoms with Crippen LogP contribution >= 0.6 is 0 Å². The molecule has 0 bridgehead atoms. The van der Waals surface area contributed by atoms with Crippen molar-refractivity contribution in [2.45, 2.75) is 59.0 Å². The number of allylic oxidation sites excluding steroid dienone is 1. The first kappa shape index (κ1) is 16.9. The first-order chi connectivity index (χ1) is 10.3. The van der Waals surface area contributed by atoms with E-state index >= 15 is 0 Å². The Hall–Kier alpha value is -1.42. The Morgan fingerprint density at radius 2 is 1.95 bits per heavy atom. The van der Waals surface area contributed by atoms with Crippen molar-refractivity contribution in [3.05, 3.63) is 35.1 Å². The molecule has 0 spiro atoms. The normalized spacial score (nSPS) is 18.8. The average molecular weight is 302 g/mol. The number of likely N-dealkylation sites (N-methyl/N-ethyl adjacent to an activating group) is 2. The fraction of sp³-hybridized carbons (Fsp3) is 0.667. The predicted octanol–water partition coefficient (Wildman–Crippen LogP) is 3.26. The van der Waals surface area contributed by atoms with E-state index in [0.29, 0.717) is 12.0 Å². The Balaban J connectivity index is 2.04. The molecule has 0 N–H and O–H groups in total. The highest BCUT2D eigenvalue weighted by Crippen LogP contribution is 2.25. The van der Waals surface area contributed by atoms with Gasteiger partial charge in [0, 0.05) is 31.9 Å². The first-order valence-electron chi connectivity index (χ1n) is 8.22. The van der Waals surface area contributed by atoms with Gasteiger partial charge in [0.05, 0.1) is 22.8 Å². The van der Waals surface area contributed by atoms with E-state index in [1.807, 2.05) is 0 Å². The van der Waals surface area contributed by atoms with Crippen LogP contribution < -0.4 is 0 Å². The molecule has 122 valence electrons. The van der Waals surface area contributed by atoms with E-state index < -0.39 is 0 Å². The molecule has 0 amide bonds. The van der Waals surface area contributed by atoms with E-state index in [-0.39, 0.29) is 0 Å². The van der Waals surface area contributed by atoms with Gasteiger partial charge >= 0.3 is 0 Å². The molecule has 1 aromatic heterocycles. The first-order valence-corrected chi connectivity index (χ1v) is 8.22. The smallest absolute Gasteiger partial charge is 0.0759 e. The van der Waals surface area contributed by atoms with E-state index in [0.717, 1.165) is 42.3 Å². The molecule has 1 aliphatic rings. The van der Waals surface area contributed by atoms with Gasteiger partial charge in [0.15, 0.2) is 0 Å². The minimum absolute atomic E-state index is 0.427. The van der Waals surface area contributed by atoms with Gasteiger partial charge in [-0.3, -0.25) is 14.9 Å². The largest absolute Gasteiger partial charge is 0.374 e. The summed E-state index contributed by atoms with van der Waals surface area (Å²) in [5, 5.41) is 0. The van der Waals surface area contributed by atoms with Crippen LogP contribution in [-0.4, -0.2) is 46.4 Å². The summed E-state index contributed by atoms with van der Waals surface area (Å²) in [4.78, 5) is 14.3. The fourth-order valence-electron chi connectivity index (χ4n) is 3.22. The molecule has 1 aromatic rings. The molecule has 1 aliphatic heterocycles. The standard InChI is InChI=1S/C18H30N4/c1-12(2)18-15(5)19-17(14(4)20-18)11-21(6)10-16-9-8-13(3)22(16)7/h12,16H,3,8-11H2,1-2,4-7H3/t16-/m1/s1. The maximum Gasteiger partial charge on any atom is 0.0759 e. The van der Waals surface area contributed by atoms with Crippen molar-refractivity contribution in [2.24, 2.45) is 0 Å². The topological polar surface area (TPSA) is 32.3 Å². The second-order valence-corrected chi connectivity index (χ2v) is 6.95. The highest BCUT2D eigenvalue weighted by atomic mass is 15.2. The number of hydrogen-bond acceptors (Lipinski definition) is 4. The zero-order valence-electron chi connectivity index (χ0n) is 15.0. The fourth-order valence-corrected chi connectivity index (χ4v) is 3.22. The molecule has 2 heterocycles. The van der Waals surface area contributed by atoms with Crippen molar-refractivity contribution >= 4 is 0 Å². The Kier molecular flexibility index (Phi) is 5.22. The molecule has 22 heavy (non-hydrogen) atoms. The molecule has 0 saturated carbocycles. The lowest BCUT2D eigenvalue weighted by molar-refractivity contribution is 0.229. The average Bonchev–Trinajstić information content (AvgIpc) is 2.74. The second-order valence-electron chi connectivity index (χ2n) is 6.95. The van der Waals surface area contributed by atoms with Crippen molar-refractivity contribution < 1.29 is 0 Å². The van der Waals surface area contributed by atoms with Gasteiger partial charge in [0.25, 0.3) is 0 Å². The molecular weight excluding hydrogens is 272 g/mol. The second kappa shape index (κ2) is 6.78. The Morgan fingerprint density at radius 1 is 1.27 bits per heavy atom. The van der Waals surface area contributed by atoms with Crippen LogP contribution in [0.15, 0.2) is 12.3 Å². The number of aromatic nitrogens is 2. The Morgan fingerprint density at radius 3 is 2.50 bits per heavy atom. The third-order valence-corrected chi connectivity index (χ3v) is 4.68. The Labute approximate surface area is 135 Å². The summed E-state index contributed by atoms with van der Waals surface area (Å²) in [7, 11) is 4.32. The summed E-state index contributed by atoms with van der Waals surface area (Å²) in [5.41, 5.74) is 5.60. The lowest BCUT2D eigenvalue weighted by Crippen LogP contribution is -2.36. The summed E-state index contributed by atoms with van der Waals surface area (Å²) in [5.74, 6) is 0.427. The van der Waals surface area contributed by atoms with Crippen molar-refractivity contribution in [3.8, 4) is 0 Å². The van der Waals surface area contributed by atoms with Crippen LogP contribution in [-0.2, 0) is 6.54 Å². The van der Waals surface area contributed by atoms with E-state index in [1.165, 1.54) is 12.1 Å². The van der Waals surface area contributed by atoms with E-state index in [9.17, 15) is 0 Å².